The molecule has 0 aliphatic carbocycles. The fraction of sp³-hybridized carbons (Fsp3) is 0.154. The van der Waals surface area contributed by atoms with Crippen LogP contribution in [0.25, 0.3) is 10.9 Å². The number of nitrogens with one attached hydrogen (secondary N) is 1. The average molecular weight is 493 g/mol. The van der Waals surface area contributed by atoms with E-state index in [0.717, 1.165) is 15.2 Å². The summed E-state index contributed by atoms with van der Waals surface area (Å²) in [6.45, 7) is 1.31. The fourth-order valence-corrected chi connectivity index (χ4v) is 5.04. The highest BCUT2D eigenvalue weighted by Crippen LogP contribution is 2.25. The number of rotatable bonds is 8. The number of hydrogen-bond acceptors (Lipinski definition) is 6. The molecule has 0 radical (unpaired) electrons. The number of ether oxygens (including phenoxy) is 2. The maximum atomic E-state index is 13.1. The quantitative estimate of drug-likeness (QED) is 0.290. The van der Waals surface area contributed by atoms with Gasteiger partial charge in [0.1, 0.15) is 5.75 Å². The van der Waals surface area contributed by atoms with Gasteiger partial charge in [0.25, 0.3) is 10.0 Å². The minimum absolute atomic E-state index is 0.0256. The molecule has 0 unspecified atom stereocenters. The van der Waals surface area contributed by atoms with Gasteiger partial charge in [-0.2, -0.15) is 0 Å². The third-order valence-electron chi connectivity index (χ3n) is 5.67. The lowest BCUT2D eigenvalue weighted by molar-refractivity contribution is 0.0474. The number of Topliss-reactive ketones (excluding diaryl/α,β-unsaturated/α-hetero) is 1. The summed E-state index contributed by atoms with van der Waals surface area (Å²) in [5, 5.41) is 0.751. The van der Waals surface area contributed by atoms with Gasteiger partial charge in [0.05, 0.1) is 23.3 Å². The number of H-pyrrole nitrogens is 1. The molecule has 0 amide bonds. The molecule has 180 valence electrons. The fourth-order valence-electron chi connectivity index (χ4n) is 3.80. The van der Waals surface area contributed by atoms with Crippen molar-refractivity contribution in [2.45, 2.75) is 11.8 Å². The largest absolute Gasteiger partial charge is 0.497 e. The van der Waals surface area contributed by atoms with Crippen LogP contribution in [0.4, 0.5) is 5.69 Å². The van der Waals surface area contributed by atoms with E-state index in [1.54, 1.807) is 31.2 Å². The number of sulfonamides is 1. The summed E-state index contributed by atoms with van der Waals surface area (Å²) < 4.78 is 37.7. The second kappa shape index (κ2) is 9.63. The number of aromatic nitrogens is 1. The van der Waals surface area contributed by atoms with E-state index in [4.69, 9.17) is 9.47 Å². The molecule has 0 saturated heterocycles. The highest BCUT2D eigenvalue weighted by molar-refractivity contribution is 7.92. The van der Waals surface area contributed by atoms with Gasteiger partial charge in [-0.1, -0.05) is 24.3 Å². The summed E-state index contributed by atoms with van der Waals surface area (Å²) >= 11 is 0. The van der Waals surface area contributed by atoms with Gasteiger partial charge in [0.2, 0.25) is 5.78 Å². The Balaban J connectivity index is 1.50. The van der Waals surface area contributed by atoms with E-state index in [0.29, 0.717) is 22.7 Å². The number of anilines is 1. The number of fused-ring (bicyclic) bond motifs is 1. The average Bonchev–Trinajstić information content (AvgIpc) is 3.22. The molecule has 8 nitrogen and oxygen atoms in total. The number of nitrogens with zero attached hydrogens (tertiary/aromatic N) is 1. The number of esters is 1. The van der Waals surface area contributed by atoms with Gasteiger partial charge in [0.15, 0.2) is 6.61 Å². The standard InChI is InChI=1S/C26H24N2O6S/c1-17-25(22-9-4-5-10-23(22)27-17)24(29)16-34-26(30)18-7-6-8-21(15-18)35(31,32)28(2)19-11-13-20(33-3)14-12-19/h4-15,27H,16H2,1-3H3. The Bertz CT molecular complexity index is 1510. The van der Waals surface area contributed by atoms with Gasteiger partial charge in [-0.05, 0) is 55.5 Å². The molecule has 9 heteroatoms. The van der Waals surface area contributed by atoms with E-state index in [1.807, 2.05) is 24.3 Å². The van der Waals surface area contributed by atoms with Crippen molar-refractivity contribution in [3.05, 3.63) is 89.6 Å². The molecular weight excluding hydrogens is 468 g/mol. The maximum Gasteiger partial charge on any atom is 0.338 e. The van der Waals surface area contributed by atoms with Crippen LogP contribution in [0, 0.1) is 6.92 Å². The summed E-state index contributed by atoms with van der Waals surface area (Å²) in [6.07, 6.45) is 0. The van der Waals surface area contributed by atoms with Crippen LogP contribution in [0.2, 0.25) is 0 Å². The van der Waals surface area contributed by atoms with Crippen LogP contribution in [0.15, 0.2) is 77.7 Å². The summed E-state index contributed by atoms with van der Waals surface area (Å²) in [4.78, 5) is 28.5. The van der Waals surface area contributed by atoms with E-state index in [-0.39, 0.29) is 16.2 Å². The molecule has 0 spiro atoms. The minimum Gasteiger partial charge on any atom is -0.497 e. The highest BCUT2D eigenvalue weighted by Gasteiger charge is 2.24. The Morgan fingerprint density at radius 1 is 0.971 bits per heavy atom. The van der Waals surface area contributed by atoms with Crippen molar-refractivity contribution in [2.75, 3.05) is 25.1 Å². The van der Waals surface area contributed by atoms with Crippen LogP contribution >= 0.6 is 0 Å². The molecule has 1 N–H and O–H groups in total. The Kier molecular flexibility index (Phi) is 6.61. The van der Waals surface area contributed by atoms with Crippen molar-refractivity contribution < 1.29 is 27.5 Å². The smallest absolute Gasteiger partial charge is 0.338 e. The van der Waals surface area contributed by atoms with Gasteiger partial charge in [-0.25, -0.2) is 13.2 Å². The molecule has 1 heterocycles. The lowest BCUT2D eigenvalue weighted by Gasteiger charge is -2.20. The van der Waals surface area contributed by atoms with E-state index < -0.39 is 22.6 Å². The Labute approximate surface area is 203 Å². The van der Waals surface area contributed by atoms with Crippen molar-refractivity contribution >= 4 is 38.4 Å². The van der Waals surface area contributed by atoms with Crippen LogP contribution in [0.1, 0.15) is 26.4 Å². The van der Waals surface area contributed by atoms with Crippen LogP contribution in [0.5, 0.6) is 5.75 Å². The molecule has 0 aliphatic heterocycles. The SMILES string of the molecule is COc1ccc(N(C)S(=O)(=O)c2cccc(C(=O)OCC(=O)c3c(C)[nH]c4ccccc34)c2)cc1. The summed E-state index contributed by atoms with van der Waals surface area (Å²) in [5.74, 6) is -0.544. The third-order valence-corrected chi connectivity index (χ3v) is 7.45. The lowest BCUT2D eigenvalue weighted by atomic mass is 10.1. The number of aromatic amines is 1. The van der Waals surface area contributed by atoms with Gasteiger partial charge >= 0.3 is 5.97 Å². The predicted molar refractivity (Wildman–Crippen MR) is 133 cm³/mol. The van der Waals surface area contributed by atoms with Crippen LogP contribution in [-0.4, -0.2) is 45.9 Å². The molecule has 4 rings (SSSR count). The first-order valence-corrected chi connectivity index (χ1v) is 12.2. The Hall–Kier alpha value is -4.11. The monoisotopic (exact) mass is 492 g/mol. The van der Waals surface area contributed by atoms with E-state index >= 15 is 0 Å². The second-order valence-electron chi connectivity index (χ2n) is 7.87. The Morgan fingerprint density at radius 2 is 1.69 bits per heavy atom. The van der Waals surface area contributed by atoms with Crippen molar-refractivity contribution in [3.63, 3.8) is 0 Å². The number of aryl methyl sites for hydroxylation is 1. The second-order valence-corrected chi connectivity index (χ2v) is 9.84. The first kappa shape index (κ1) is 24.0. The van der Waals surface area contributed by atoms with E-state index in [9.17, 15) is 18.0 Å². The Morgan fingerprint density at radius 3 is 2.40 bits per heavy atom. The number of carbonyl (C=O) groups is 2. The normalized spacial score (nSPS) is 11.3. The first-order chi connectivity index (χ1) is 16.7. The summed E-state index contributed by atoms with van der Waals surface area (Å²) in [5.41, 5.74) is 2.42. The topological polar surface area (TPSA) is 106 Å². The highest BCUT2D eigenvalue weighted by atomic mass is 32.2. The van der Waals surface area contributed by atoms with Crippen LogP contribution in [-0.2, 0) is 14.8 Å². The third kappa shape index (κ3) is 4.76. The zero-order valence-corrected chi connectivity index (χ0v) is 20.3. The van der Waals surface area contributed by atoms with Gasteiger partial charge in [-0.15, -0.1) is 0 Å². The first-order valence-electron chi connectivity index (χ1n) is 10.7. The lowest BCUT2D eigenvalue weighted by Crippen LogP contribution is -2.26. The van der Waals surface area contributed by atoms with E-state index in [2.05, 4.69) is 4.98 Å². The molecule has 0 saturated carbocycles. The molecule has 0 atom stereocenters. The van der Waals surface area contributed by atoms with E-state index in [1.165, 1.54) is 38.4 Å². The summed E-state index contributed by atoms with van der Waals surface area (Å²) in [7, 11) is -1.01. The maximum absolute atomic E-state index is 13.1. The zero-order valence-electron chi connectivity index (χ0n) is 19.4. The molecule has 35 heavy (non-hydrogen) atoms. The number of para-hydroxylation sites is 1. The molecule has 3 aromatic carbocycles. The van der Waals surface area contributed by atoms with Crippen molar-refractivity contribution in [1.29, 1.82) is 0 Å². The number of hydrogen-bond donors (Lipinski definition) is 1. The van der Waals surface area contributed by atoms with Gasteiger partial charge in [-0.3, -0.25) is 9.10 Å². The zero-order chi connectivity index (χ0) is 25.2. The van der Waals surface area contributed by atoms with Crippen molar-refractivity contribution in [1.82, 2.24) is 4.98 Å². The van der Waals surface area contributed by atoms with Gasteiger partial charge < -0.3 is 14.5 Å². The van der Waals surface area contributed by atoms with Crippen LogP contribution < -0.4 is 9.04 Å². The minimum atomic E-state index is -3.95. The number of carbonyl (C=O) groups excluding carboxylic acids is 2. The van der Waals surface area contributed by atoms with Crippen LogP contribution in [0.3, 0.4) is 0 Å². The molecule has 1 aromatic heterocycles. The molecular formula is C26H24N2O6S. The van der Waals surface area contributed by atoms with Crippen molar-refractivity contribution in [2.24, 2.45) is 0 Å². The number of ketones is 1. The molecule has 0 aliphatic rings. The van der Waals surface area contributed by atoms with Crippen molar-refractivity contribution in [3.8, 4) is 5.75 Å². The molecule has 4 aromatic rings. The van der Waals surface area contributed by atoms with Gasteiger partial charge in [0, 0.05) is 29.2 Å². The summed E-state index contributed by atoms with van der Waals surface area (Å²) in [6, 6.07) is 19.4. The molecule has 0 fully saturated rings. The predicted octanol–water partition coefficient (Wildman–Crippen LogP) is 4.35. The molecule has 0 bridgehead atoms. The number of methoxy groups -OCH3 is 1. The number of benzene rings is 3.